The first-order valence-corrected chi connectivity index (χ1v) is 6.90. The van der Waals surface area contributed by atoms with Crippen LogP contribution < -0.4 is 4.90 Å². The highest BCUT2D eigenvalue weighted by Crippen LogP contribution is 2.26. The summed E-state index contributed by atoms with van der Waals surface area (Å²) in [5.74, 6) is 1.14. The van der Waals surface area contributed by atoms with Crippen molar-refractivity contribution in [1.82, 2.24) is 9.55 Å². The minimum absolute atomic E-state index is 0.461. The predicted molar refractivity (Wildman–Crippen MR) is 76.3 cm³/mol. The predicted octanol–water partition coefficient (Wildman–Crippen LogP) is 3.53. The first kappa shape index (κ1) is 11.6. The second kappa shape index (κ2) is 4.30. The van der Waals surface area contributed by atoms with Crippen molar-refractivity contribution in [2.24, 2.45) is 0 Å². The zero-order valence-electron chi connectivity index (χ0n) is 11.5. The van der Waals surface area contributed by atoms with Crippen molar-refractivity contribution in [2.75, 3.05) is 18.0 Å². The number of hydrogen-bond acceptors (Lipinski definition) is 2. The normalized spacial score (nSPS) is 16.1. The molecule has 96 valence electrons. The molecule has 3 heteroatoms. The number of hydrogen-bond donors (Lipinski definition) is 0. The van der Waals surface area contributed by atoms with Crippen molar-refractivity contribution in [1.29, 1.82) is 0 Å². The van der Waals surface area contributed by atoms with Gasteiger partial charge in [-0.1, -0.05) is 0 Å². The Morgan fingerprint density at radius 2 is 1.89 bits per heavy atom. The molecule has 0 saturated carbocycles. The zero-order valence-corrected chi connectivity index (χ0v) is 11.5. The third-order valence-corrected chi connectivity index (χ3v) is 3.85. The molecule has 0 radical (unpaired) electrons. The Bertz CT molecular complexity index is 562. The number of rotatable bonds is 2. The van der Waals surface area contributed by atoms with Gasteiger partial charge in [0, 0.05) is 30.7 Å². The molecule has 3 heterocycles. The van der Waals surface area contributed by atoms with Crippen molar-refractivity contribution in [3.8, 4) is 0 Å². The van der Waals surface area contributed by atoms with Crippen molar-refractivity contribution in [3.63, 3.8) is 0 Å². The van der Waals surface area contributed by atoms with Gasteiger partial charge in [-0.05, 0) is 51.3 Å². The monoisotopic (exact) mass is 243 g/mol. The van der Waals surface area contributed by atoms with Crippen LogP contribution in [0.3, 0.4) is 0 Å². The molecule has 1 saturated heterocycles. The Hall–Kier alpha value is -1.51. The highest BCUT2D eigenvalue weighted by molar-refractivity contribution is 5.82. The van der Waals surface area contributed by atoms with Gasteiger partial charge in [0.1, 0.15) is 11.5 Å². The van der Waals surface area contributed by atoms with Gasteiger partial charge in [-0.25, -0.2) is 4.98 Å². The van der Waals surface area contributed by atoms with E-state index in [1.54, 1.807) is 0 Å². The molecule has 1 aliphatic rings. The van der Waals surface area contributed by atoms with Crippen LogP contribution in [0.5, 0.6) is 0 Å². The molecule has 0 atom stereocenters. The van der Waals surface area contributed by atoms with Crippen LogP contribution in [-0.2, 0) is 0 Å². The lowest BCUT2D eigenvalue weighted by Crippen LogP contribution is -2.19. The van der Waals surface area contributed by atoms with E-state index in [1.807, 2.05) is 0 Å². The molecular formula is C15H21N3. The lowest BCUT2D eigenvalue weighted by molar-refractivity contribution is 0.617. The van der Waals surface area contributed by atoms with Crippen LogP contribution in [0, 0.1) is 6.92 Å². The molecule has 0 aromatic carbocycles. The van der Waals surface area contributed by atoms with Crippen molar-refractivity contribution in [3.05, 3.63) is 23.9 Å². The lowest BCUT2D eigenvalue weighted by Gasteiger charge is -2.17. The Balaban J connectivity index is 2.12. The number of pyridine rings is 1. The zero-order chi connectivity index (χ0) is 12.7. The topological polar surface area (TPSA) is 21.1 Å². The number of fused-ring (bicyclic) bond motifs is 1. The second-order valence-electron chi connectivity index (χ2n) is 5.55. The van der Waals surface area contributed by atoms with E-state index in [1.165, 1.54) is 23.8 Å². The van der Waals surface area contributed by atoms with Crippen LogP contribution in [0.2, 0.25) is 0 Å². The van der Waals surface area contributed by atoms with E-state index in [9.17, 15) is 0 Å². The fourth-order valence-corrected chi connectivity index (χ4v) is 2.80. The maximum absolute atomic E-state index is 4.89. The number of nitrogens with zero attached hydrogens (tertiary/aromatic N) is 3. The van der Waals surface area contributed by atoms with Gasteiger partial charge in [0.2, 0.25) is 0 Å². The Labute approximate surface area is 108 Å². The molecule has 0 unspecified atom stereocenters. The van der Waals surface area contributed by atoms with Gasteiger partial charge in [0.25, 0.3) is 0 Å². The van der Waals surface area contributed by atoms with Crippen molar-refractivity contribution >= 4 is 16.9 Å². The molecule has 1 aliphatic heterocycles. The van der Waals surface area contributed by atoms with Gasteiger partial charge in [0.05, 0.1) is 0 Å². The maximum Gasteiger partial charge on any atom is 0.142 e. The van der Waals surface area contributed by atoms with E-state index in [0.29, 0.717) is 6.04 Å². The van der Waals surface area contributed by atoms with Gasteiger partial charge in [0.15, 0.2) is 0 Å². The molecule has 0 aliphatic carbocycles. The molecule has 0 amide bonds. The van der Waals surface area contributed by atoms with Crippen LogP contribution in [0.1, 0.15) is 38.3 Å². The third kappa shape index (κ3) is 1.78. The van der Waals surface area contributed by atoms with Crippen LogP contribution in [0.15, 0.2) is 18.3 Å². The SMILES string of the molecule is Cc1cn(C(C)C)c2nc(N3CCCC3)ccc12. The van der Waals surface area contributed by atoms with E-state index >= 15 is 0 Å². The Kier molecular flexibility index (Phi) is 2.77. The van der Waals surface area contributed by atoms with E-state index in [4.69, 9.17) is 4.98 Å². The molecule has 3 nitrogen and oxygen atoms in total. The van der Waals surface area contributed by atoms with E-state index in [0.717, 1.165) is 24.6 Å². The largest absolute Gasteiger partial charge is 0.357 e. The summed E-state index contributed by atoms with van der Waals surface area (Å²) in [5, 5.41) is 1.28. The number of aryl methyl sites for hydroxylation is 1. The molecule has 0 N–H and O–H groups in total. The highest BCUT2D eigenvalue weighted by Gasteiger charge is 2.16. The molecule has 18 heavy (non-hydrogen) atoms. The van der Waals surface area contributed by atoms with E-state index in [2.05, 4.69) is 48.6 Å². The summed E-state index contributed by atoms with van der Waals surface area (Å²) in [6.45, 7) is 8.89. The second-order valence-corrected chi connectivity index (χ2v) is 5.55. The molecule has 3 rings (SSSR count). The van der Waals surface area contributed by atoms with E-state index < -0.39 is 0 Å². The first-order valence-electron chi connectivity index (χ1n) is 6.90. The molecule has 0 spiro atoms. The van der Waals surface area contributed by atoms with Crippen LogP contribution in [0.25, 0.3) is 11.0 Å². The fourth-order valence-electron chi connectivity index (χ4n) is 2.80. The summed E-state index contributed by atoms with van der Waals surface area (Å²) in [7, 11) is 0. The maximum atomic E-state index is 4.89. The third-order valence-electron chi connectivity index (χ3n) is 3.85. The smallest absolute Gasteiger partial charge is 0.142 e. The Morgan fingerprint density at radius 3 is 2.56 bits per heavy atom. The quantitative estimate of drug-likeness (QED) is 0.804. The first-order chi connectivity index (χ1) is 8.66. The van der Waals surface area contributed by atoms with Crippen molar-refractivity contribution in [2.45, 2.75) is 39.7 Å². The lowest BCUT2D eigenvalue weighted by atomic mass is 10.2. The molecule has 2 aromatic rings. The summed E-state index contributed by atoms with van der Waals surface area (Å²) < 4.78 is 2.28. The Morgan fingerprint density at radius 1 is 1.17 bits per heavy atom. The van der Waals surface area contributed by atoms with Crippen LogP contribution in [0.4, 0.5) is 5.82 Å². The number of anilines is 1. The van der Waals surface area contributed by atoms with Crippen LogP contribution >= 0.6 is 0 Å². The van der Waals surface area contributed by atoms with Gasteiger partial charge in [-0.3, -0.25) is 0 Å². The van der Waals surface area contributed by atoms with Gasteiger partial charge in [-0.2, -0.15) is 0 Å². The molecule has 1 fully saturated rings. The van der Waals surface area contributed by atoms with Crippen molar-refractivity contribution < 1.29 is 0 Å². The summed E-state index contributed by atoms with van der Waals surface area (Å²) in [5.41, 5.74) is 2.45. The minimum atomic E-state index is 0.461. The highest BCUT2D eigenvalue weighted by atomic mass is 15.2. The average Bonchev–Trinajstić information content (AvgIpc) is 2.97. The summed E-state index contributed by atoms with van der Waals surface area (Å²) in [4.78, 5) is 7.28. The minimum Gasteiger partial charge on any atom is -0.357 e. The summed E-state index contributed by atoms with van der Waals surface area (Å²) >= 11 is 0. The summed E-state index contributed by atoms with van der Waals surface area (Å²) in [6, 6.07) is 4.86. The van der Waals surface area contributed by atoms with Crippen LogP contribution in [-0.4, -0.2) is 22.6 Å². The molecular weight excluding hydrogens is 222 g/mol. The van der Waals surface area contributed by atoms with Gasteiger partial charge in [-0.15, -0.1) is 0 Å². The van der Waals surface area contributed by atoms with Gasteiger partial charge < -0.3 is 9.47 Å². The number of aromatic nitrogens is 2. The summed E-state index contributed by atoms with van der Waals surface area (Å²) in [6.07, 6.45) is 4.81. The standard InChI is InChI=1S/C15H21N3/c1-11(2)18-10-12(3)13-6-7-14(16-15(13)18)17-8-4-5-9-17/h6-7,10-11H,4-5,8-9H2,1-3H3. The molecule has 0 bridgehead atoms. The average molecular weight is 243 g/mol. The fraction of sp³-hybridized carbons (Fsp3) is 0.533. The van der Waals surface area contributed by atoms with E-state index in [-0.39, 0.29) is 0 Å². The van der Waals surface area contributed by atoms with Gasteiger partial charge >= 0.3 is 0 Å². The molecule has 2 aromatic heterocycles.